The average Bonchev–Trinajstić information content (AvgIpc) is 3.01. The standard InChI is InChI=1S/C11H12ClN7O/c12-9-5-10(14-7-13-9)18-1-3-19(4-2-18)11(20)8-6-15-17-16-8/h5-7H,1-4H2,(H,15,16,17). The van der Waals surface area contributed by atoms with Gasteiger partial charge in [-0.1, -0.05) is 11.6 Å². The third-order valence-electron chi connectivity index (χ3n) is 3.14. The van der Waals surface area contributed by atoms with Crippen LogP contribution < -0.4 is 4.90 Å². The lowest BCUT2D eigenvalue weighted by Gasteiger charge is -2.34. The number of amides is 1. The normalized spacial score (nSPS) is 15.4. The van der Waals surface area contributed by atoms with Crippen molar-refractivity contribution in [2.45, 2.75) is 0 Å². The highest BCUT2D eigenvalue weighted by molar-refractivity contribution is 6.29. The van der Waals surface area contributed by atoms with Crippen molar-refractivity contribution >= 4 is 23.3 Å². The minimum absolute atomic E-state index is 0.112. The number of halogens is 1. The van der Waals surface area contributed by atoms with Crippen molar-refractivity contribution in [3.8, 4) is 0 Å². The van der Waals surface area contributed by atoms with Crippen LogP contribution in [0.15, 0.2) is 18.6 Å². The molecule has 0 spiro atoms. The zero-order valence-corrected chi connectivity index (χ0v) is 11.3. The van der Waals surface area contributed by atoms with Crippen LogP contribution >= 0.6 is 11.6 Å². The van der Waals surface area contributed by atoms with Gasteiger partial charge >= 0.3 is 0 Å². The zero-order valence-electron chi connectivity index (χ0n) is 10.5. The second-order valence-corrected chi connectivity index (χ2v) is 4.72. The minimum Gasteiger partial charge on any atom is -0.353 e. The number of rotatable bonds is 2. The fourth-order valence-electron chi connectivity index (χ4n) is 2.10. The van der Waals surface area contributed by atoms with Gasteiger partial charge in [0.2, 0.25) is 0 Å². The highest BCUT2D eigenvalue weighted by Crippen LogP contribution is 2.16. The van der Waals surface area contributed by atoms with Crippen molar-refractivity contribution in [3.05, 3.63) is 29.4 Å². The van der Waals surface area contributed by atoms with Crippen molar-refractivity contribution in [1.82, 2.24) is 30.3 Å². The van der Waals surface area contributed by atoms with Crippen LogP contribution in [0.4, 0.5) is 5.82 Å². The summed E-state index contributed by atoms with van der Waals surface area (Å²) in [6.45, 7) is 2.59. The molecular weight excluding hydrogens is 282 g/mol. The molecule has 8 nitrogen and oxygen atoms in total. The molecule has 2 aromatic rings. The summed E-state index contributed by atoms with van der Waals surface area (Å²) in [4.78, 5) is 24.0. The Morgan fingerprint density at radius 2 is 2.05 bits per heavy atom. The molecule has 104 valence electrons. The molecular formula is C11H12ClN7O. The highest BCUT2D eigenvalue weighted by atomic mass is 35.5. The first-order valence-corrected chi connectivity index (χ1v) is 6.49. The number of hydrogen-bond acceptors (Lipinski definition) is 6. The molecule has 0 aliphatic carbocycles. The van der Waals surface area contributed by atoms with E-state index in [-0.39, 0.29) is 5.91 Å². The first-order chi connectivity index (χ1) is 9.74. The molecule has 2 aromatic heterocycles. The lowest BCUT2D eigenvalue weighted by Crippen LogP contribution is -2.49. The Balaban J connectivity index is 1.64. The smallest absolute Gasteiger partial charge is 0.276 e. The molecule has 20 heavy (non-hydrogen) atoms. The van der Waals surface area contributed by atoms with Gasteiger partial charge in [-0.15, -0.1) is 0 Å². The Hall–Kier alpha value is -2.22. The van der Waals surface area contributed by atoms with E-state index in [9.17, 15) is 4.79 Å². The largest absolute Gasteiger partial charge is 0.353 e. The van der Waals surface area contributed by atoms with E-state index >= 15 is 0 Å². The molecule has 1 fully saturated rings. The Labute approximate surface area is 119 Å². The third kappa shape index (κ3) is 2.55. The summed E-state index contributed by atoms with van der Waals surface area (Å²) in [5, 5.41) is 10.3. The maximum Gasteiger partial charge on any atom is 0.276 e. The predicted molar refractivity (Wildman–Crippen MR) is 71.5 cm³/mol. The van der Waals surface area contributed by atoms with Crippen LogP contribution in [0.5, 0.6) is 0 Å². The lowest BCUT2D eigenvalue weighted by molar-refractivity contribution is 0.0740. The zero-order chi connectivity index (χ0) is 13.9. The molecule has 0 saturated carbocycles. The van der Waals surface area contributed by atoms with Gasteiger partial charge < -0.3 is 9.80 Å². The van der Waals surface area contributed by atoms with Gasteiger partial charge in [0.15, 0.2) is 5.69 Å². The van der Waals surface area contributed by atoms with E-state index in [1.807, 2.05) is 0 Å². The van der Waals surface area contributed by atoms with Gasteiger partial charge in [0.05, 0.1) is 6.20 Å². The summed E-state index contributed by atoms with van der Waals surface area (Å²) in [5.74, 6) is 0.664. The molecule has 3 heterocycles. The number of anilines is 1. The van der Waals surface area contributed by atoms with Crippen molar-refractivity contribution in [2.75, 3.05) is 31.1 Å². The maximum absolute atomic E-state index is 12.1. The van der Waals surface area contributed by atoms with E-state index in [0.29, 0.717) is 37.0 Å². The number of piperazine rings is 1. The van der Waals surface area contributed by atoms with Crippen molar-refractivity contribution < 1.29 is 4.79 Å². The summed E-state index contributed by atoms with van der Waals surface area (Å²) in [6, 6.07) is 1.72. The quantitative estimate of drug-likeness (QED) is 0.796. The summed E-state index contributed by atoms with van der Waals surface area (Å²) in [6.07, 6.45) is 2.86. The number of aromatic nitrogens is 5. The first kappa shape index (κ1) is 12.8. The number of hydrogen-bond donors (Lipinski definition) is 1. The number of carbonyl (C=O) groups excluding carboxylic acids is 1. The molecule has 1 aliphatic rings. The van der Waals surface area contributed by atoms with Gasteiger partial charge in [0, 0.05) is 32.2 Å². The third-order valence-corrected chi connectivity index (χ3v) is 3.35. The second kappa shape index (κ2) is 5.41. The summed E-state index contributed by atoms with van der Waals surface area (Å²) >= 11 is 5.85. The molecule has 3 rings (SSSR count). The number of aromatic amines is 1. The lowest BCUT2D eigenvalue weighted by atomic mass is 10.3. The number of nitrogens with one attached hydrogen (secondary N) is 1. The van der Waals surface area contributed by atoms with Gasteiger partial charge in [0.25, 0.3) is 5.91 Å². The molecule has 0 aromatic carbocycles. The van der Waals surface area contributed by atoms with Crippen molar-refractivity contribution in [2.24, 2.45) is 0 Å². The molecule has 0 unspecified atom stereocenters. The Morgan fingerprint density at radius 3 is 2.70 bits per heavy atom. The second-order valence-electron chi connectivity index (χ2n) is 4.33. The van der Waals surface area contributed by atoms with E-state index < -0.39 is 0 Å². The maximum atomic E-state index is 12.1. The topological polar surface area (TPSA) is 90.9 Å². The minimum atomic E-state index is -0.112. The van der Waals surface area contributed by atoms with Crippen LogP contribution in [0, 0.1) is 0 Å². The van der Waals surface area contributed by atoms with Gasteiger partial charge in [-0.25, -0.2) is 9.97 Å². The molecule has 9 heteroatoms. The number of nitrogens with zero attached hydrogens (tertiary/aromatic N) is 6. The number of carbonyl (C=O) groups is 1. The van der Waals surface area contributed by atoms with Gasteiger partial charge in [-0.05, 0) is 0 Å². The SMILES string of the molecule is O=C(c1cn[nH]n1)N1CCN(c2cc(Cl)ncn2)CC1. The highest BCUT2D eigenvalue weighted by Gasteiger charge is 2.24. The fourth-order valence-corrected chi connectivity index (χ4v) is 2.24. The summed E-state index contributed by atoms with van der Waals surface area (Å²) in [7, 11) is 0. The molecule has 0 bridgehead atoms. The average molecular weight is 294 g/mol. The van der Waals surface area contributed by atoms with Crippen LogP contribution in [0.3, 0.4) is 0 Å². The van der Waals surface area contributed by atoms with Crippen LogP contribution in [0.1, 0.15) is 10.5 Å². The molecule has 1 N–H and O–H groups in total. The summed E-state index contributed by atoms with van der Waals surface area (Å²) < 4.78 is 0. The first-order valence-electron chi connectivity index (χ1n) is 6.11. The fraction of sp³-hybridized carbons (Fsp3) is 0.364. The Kier molecular flexibility index (Phi) is 3.46. The van der Waals surface area contributed by atoms with E-state index in [1.54, 1.807) is 11.0 Å². The van der Waals surface area contributed by atoms with Crippen LogP contribution in [0.2, 0.25) is 5.15 Å². The Bertz CT molecular complexity index is 595. The van der Waals surface area contributed by atoms with E-state index in [0.717, 1.165) is 5.82 Å². The van der Waals surface area contributed by atoms with E-state index in [4.69, 9.17) is 11.6 Å². The monoisotopic (exact) mass is 293 g/mol. The van der Waals surface area contributed by atoms with Crippen LogP contribution in [-0.4, -0.2) is 62.4 Å². The Morgan fingerprint density at radius 1 is 1.25 bits per heavy atom. The van der Waals surface area contributed by atoms with Gasteiger partial charge in [0.1, 0.15) is 17.3 Å². The van der Waals surface area contributed by atoms with Crippen LogP contribution in [-0.2, 0) is 0 Å². The van der Waals surface area contributed by atoms with E-state index in [2.05, 4.69) is 30.3 Å². The van der Waals surface area contributed by atoms with E-state index in [1.165, 1.54) is 12.5 Å². The predicted octanol–water partition coefficient (Wildman–Crippen LogP) is 0.210. The molecule has 1 amide bonds. The van der Waals surface area contributed by atoms with Gasteiger partial charge in [-0.3, -0.25) is 4.79 Å². The van der Waals surface area contributed by atoms with Crippen molar-refractivity contribution in [1.29, 1.82) is 0 Å². The molecule has 0 atom stereocenters. The molecule has 1 aliphatic heterocycles. The van der Waals surface area contributed by atoms with Gasteiger partial charge in [-0.2, -0.15) is 15.4 Å². The molecule has 0 radical (unpaired) electrons. The molecule has 1 saturated heterocycles. The van der Waals surface area contributed by atoms with Crippen molar-refractivity contribution in [3.63, 3.8) is 0 Å². The van der Waals surface area contributed by atoms with Crippen LogP contribution in [0.25, 0.3) is 0 Å². The number of H-pyrrole nitrogens is 1. The summed E-state index contributed by atoms with van der Waals surface area (Å²) in [5.41, 5.74) is 0.337.